The fourth-order valence-electron chi connectivity index (χ4n) is 3.76. The second-order valence-corrected chi connectivity index (χ2v) is 6.39. The molecule has 3 rings (SSSR count). The molecular formula is C16H21N. The Bertz CT molecular complexity index is 458. The average Bonchev–Trinajstić information content (AvgIpc) is 2.63. The summed E-state index contributed by atoms with van der Waals surface area (Å²) in [6.45, 7) is 7.28. The third-order valence-electron chi connectivity index (χ3n) is 5.53. The molecule has 0 radical (unpaired) electrons. The molecule has 0 aliphatic heterocycles. The normalized spacial score (nSPS) is 36.6. The van der Waals surface area contributed by atoms with Crippen molar-refractivity contribution in [2.45, 2.75) is 40.0 Å². The molecule has 0 aromatic heterocycles. The predicted octanol–water partition coefficient (Wildman–Crippen LogP) is 4.61. The van der Waals surface area contributed by atoms with Gasteiger partial charge in [0.05, 0.1) is 5.69 Å². The van der Waals surface area contributed by atoms with E-state index >= 15 is 0 Å². The third kappa shape index (κ3) is 1.41. The molecule has 2 aliphatic carbocycles. The molecule has 2 fully saturated rings. The molecule has 1 heteroatoms. The monoisotopic (exact) mass is 227 g/mol. The Labute approximate surface area is 104 Å². The highest BCUT2D eigenvalue weighted by Gasteiger charge is 2.59. The van der Waals surface area contributed by atoms with Crippen molar-refractivity contribution in [2.24, 2.45) is 21.7 Å². The van der Waals surface area contributed by atoms with Crippen LogP contribution < -0.4 is 0 Å². The van der Waals surface area contributed by atoms with Gasteiger partial charge in [0.25, 0.3) is 0 Å². The number of nitrogens with zero attached hydrogens (tertiary/aromatic N) is 1. The van der Waals surface area contributed by atoms with Gasteiger partial charge < -0.3 is 0 Å². The molecule has 2 saturated carbocycles. The molecule has 0 heterocycles. The van der Waals surface area contributed by atoms with Crippen LogP contribution in [0.15, 0.2) is 35.3 Å². The van der Waals surface area contributed by atoms with Gasteiger partial charge in [0.15, 0.2) is 0 Å². The van der Waals surface area contributed by atoms with Crippen LogP contribution in [0.1, 0.15) is 40.0 Å². The van der Waals surface area contributed by atoms with Crippen LogP contribution in [0.5, 0.6) is 0 Å². The van der Waals surface area contributed by atoms with E-state index in [1.165, 1.54) is 25.0 Å². The lowest BCUT2D eigenvalue weighted by molar-refractivity contribution is 0.194. The van der Waals surface area contributed by atoms with Gasteiger partial charge >= 0.3 is 0 Å². The summed E-state index contributed by atoms with van der Waals surface area (Å²) >= 11 is 0. The van der Waals surface area contributed by atoms with Crippen LogP contribution >= 0.6 is 0 Å². The van der Waals surface area contributed by atoms with E-state index < -0.39 is 0 Å². The van der Waals surface area contributed by atoms with Crippen molar-refractivity contribution in [1.29, 1.82) is 0 Å². The van der Waals surface area contributed by atoms with Crippen LogP contribution in [0.25, 0.3) is 0 Å². The highest BCUT2D eigenvalue weighted by Crippen LogP contribution is 2.64. The van der Waals surface area contributed by atoms with Gasteiger partial charge in [-0.1, -0.05) is 39.0 Å². The van der Waals surface area contributed by atoms with E-state index in [2.05, 4.69) is 51.1 Å². The molecule has 1 nitrogen and oxygen atoms in total. The predicted molar refractivity (Wildman–Crippen MR) is 72.8 cm³/mol. The number of fused-ring (bicyclic) bond motifs is 2. The summed E-state index contributed by atoms with van der Waals surface area (Å²) in [7, 11) is 0. The van der Waals surface area contributed by atoms with Gasteiger partial charge in [-0.2, -0.15) is 0 Å². The van der Waals surface area contributed by atoms with E-state index in [0.29, 0.717) is 10.8 Å². The van der Waals surface area contributed by atoms with Gasteiger partial charge in [0.2, 0.25) is 0 Å². The standard InChI is InChI=1S/C16H21N/c1-15(2)12-9-10-16(15,3)14(11-12)17-13-7-5-4-6-8-13/h4-8,12H,9-11H2,1-3H3/t12?,16-/m0/s1. The van der Waals surface area contributed by atoms with Crippen LogP contribution in [0.4, 0.5) is 5.69 Å². The zero-order chi connectivity index (χ0) is 12.1. The zero-order valence-electron chi connectivity index (χ0n) is 11.0. The van der Waals surface area contributed by atoms with E-state index in [0.717, 1.165) is 11.6 Å². The zero-order valence-corrected chi connectivity index (χ0v) is 11.0. The quantitative estimate of drug-likeness (QED) is 0.664. The number of para-hydroxylation sites is 1. The molecule has 0 N–H and O–H groups in total. The second kappa shape index (κ2) is 3.44. The van der Waals surface area contributed by atoms with Crippen molar-refractivity contribution in [1.82, 2.24) is 0 Å². The van der Waals surface area contributed by atoms with Crippen LogP contribution in [0, 0.1) is 16.7 Å². The van der Waals surface area contributed by atoms with Crippen LogP contribution in [0.2, 0.25) is 0 Å². The summed E-state index contributed by atoms with van der Waals surface area (Å²) in [4.78, 5) is 4.92. The SMILES string of the molecule is CC1(C)C2CC[C@@]1(C)C(=Nc1ccccc1)C2. The largest absolute Gasteiger partial charge is 0.257 e. The summed E-state index contributed by atoms with van der Waals surface area (Å²) in [5.41, 5.74) is 3.31. The maximum atomic E-state index is 4.92. The topological polar surface area (TPSA) is 12.4 Å². The molecule has 0 saturated heterocycles. The Morgan fingerprint density at radius 3 is 2.35 bits per heavy atom. The lowest BCUT2D eigenvalue weighted by Gasteiger charge is -2.34. The molecule has 0 amide bonds. The van der Waals surface area contributed by atoms with Crippen molar-refractivity contribution in [3.63, 3.8) is 0 Å². The molecule has 90 valence electrons. The van der Waals surface area contributed by atoms with Gasteiger partial charge in [-0.3, -0.25) is 4.99 Å². The van der Waals surface area contributed by atoms with Gasteiger partial charge in [0.1, 0.15) is 0 Å². The van der Waals surface area contributed by atoms with Crippen molar-refractivity contribution in [3.8, 4) is 0 Å². The third-order valence-corrected chi connectivity index (χ3v) is 5.53. The van der Waals surface area contributed by atoms with E-state index in [9.17, 15) is 0 Å². The smallest absolute Gasteiger partial charge is 0.0629 e. The van der Waals surface area contributed by atoms with Gasteiger partial charge in [-0.15, -0.1) is 0 Å². The maximum Gasteiger partial charge on any atom is 0.0629 e. The summed E-state index contributed by atoms with van der Waals surface area (Å²) < 4.78 is 0. The van der Waals surface area contributed by atoms with E-state index in [-0.39, 0.29) is 0 Å². The molecule has 1 aromatic carbocycles. The molecule has 0 spiro atoms. The Morgan fingerprint density at radius 1 is 1.12 bits per heavy atom. The molecule has 17 heavy (non-hydrogen) atoms. The molecule has 1 aromatic rings. The first kappa shape index (κ1) is 11.0. The fraction of sp³-hybridized carbons (Fsp3) is 0.562. The summed E-state index contributed by atoms with van der Waals surface area (Å²) in [6.07, 6.45) is 3.91. The van der Waals surface area contributed by atoms with Gasteiger partial charge in [0, 0.05) is 11.1 Å². The first-order chi connectivity index (χ1) is 8.04. The van der Waals surface area contributed by atoms with Gasteiger partial charge in [-0.25, -0.2) is 0 Å². The minimum absolute atomic E-state index is 0.327. The van der Waals surface area contributed by atoms with E-state index in [1.807, 2.05) is 0 Å². The average molecular weight is 227 g/mol. The van der Waals surface area contributed by atoms with E-state index in [1.54, 1.807) is 0 Å². The van der Waals surface area contributed by atoms with Crippen molar-refractivity contribution in [2.75, 3.05) is 0 Å². The summed E-state index contributed by atoms with van der Waals surface area (Å²) in [5.74, 6) is 0.843. The summed E-state index contributed by atoms with van der Waals surface area (Å²) in [6, 6.07) is 10.4. The molecule has 2 atom stereocenters. The minimum atomic E-state index is 0.327. The van der Waals surface area contributed by atoms with Crippen molar-refractivity contribution >= 4 is 11.4 Å². The lowest BCUT2D eigenvalue weighted by Crippen LogP contribution is -2.32. The Morgan fingerprint density at radius 2 is 1.82 bits per heavy atom. The van der Waals surface area contributed by atoms with Crippen molar-refractivity contribution in [3.05, 3.63) is 30.3 Å². The minimum Gasteiger partial charge on any atom is -0.257 e. The van der Waals surface area contributed by atoms with Crippen LogP contribution in [-0.4, -0.2) is 5.71 Å². The molecular weight excluding hydrogens is 206 g/mol. The Kier molecular flexibility index (Phi) is 2.23. The fourth-order valence-corrected chi connectivity index (χ4v) is 3.76. The van der Waals surface area contributed by atoms with Crippen LogP contribution in [-0.2, 0) is 0 Å². The number of rotatable bonds is 1. The Hall–Kier alpha value is -1.11. The highest BCUT2D eigenvalue weighted by molar-refractivity contribution is 5.96. The van der Waals surface area contributed by atoms with Crippen LogP contribution in [0.3, 0.4) is 0 Å². The number of hydrogen-bond acceptors (Lipinski definition) is 1. The highest BCUT2D eigenvalue weighted by atomic mass is 14.8. The molecule has 2 bridgehead atoms. The van der Waals surface area contributed by atoms with E-state index in [4.69, 9.17) is 4.99 Å². The molecule has 1 unspecified atom stereocenters. The molecule has 2 aliphatic rings. The number of aliphatic imine (C=N–C) groups is 1. The van der Waals surface area contributed by atoms with Gasteiger partial charge in [-0.05, 0) is 42.7 Å². The Balaban J connectivity index is 2.00. The summed E-state index contributed by atoms with van der Waals surface area (Å²) in [5, 5.41) is 0. The lowest BCUT2D eigenvalue weighted by atomic mass is 9.70. The number of benzene rings is 1. The first-order valence-electron chi connectivity index (χ1n) is 6.67. The number of hydrogen-bond donors (Lipinski definition) is 0. The maximum absolute atomic E-state index is 4.92. The first-order valence-corrected chi connectivity index (χ1v) is 6.67. The van der Waals surface area contributed by atoms with Crippen molar-refractivity contribution < 1.29 is 0 Å². The second-order valence-electron chi connectivity index (χ2n) is 6.39.